The number of rotatable bonds is 2. The molecule has 0 spiro atoms. The Kier molecular flexibility index (Phi) is 3.44. The molecule has 2 rings (SSSR count). The molecule has 0 aromatic carbocycles. The van der Waals surface area contributed by atoms with E-state index in [4.69, 9.17) is 0 Å². The predicted molar refractivity (Wildman–Crippen MR) is 59.0 cm³/mol. The van der Waals surface area contributed by atoms with Crippen molar-refractivity contribution in [3.05, 3.63) is 0 Å². The third kappa shape index (κ3) is 2.29. The van der Waals surface area contributed by atoms with Gasteiger partial charge in [0.05, 0.1) is 0 Å². The fourth-order valence-electron chi connectivity index (χ4n) is 2.66. The van der Waals surface area contributed by atoms with Crippen molar-refractivity contribution in [3.63, 3.8) is 0 Å². The van der Waals surface area contributed by atoms with E-state index in [0.717, 1.165) is 18.4 Å². The molecule has 0 bridgehead atoms. The minimum absolute atomic E-state index is 0.823. The zero-order valence-electron chi connectivity index (χ0n) is 9.05. The normalized spacial score (nSPS) is 32.1. The Morgan fingerprint density at radius 3 is 3.21 bits per heavy atom. The summed E-state index contributed by atoms with van der Waals surface area (Å²) in [7, 11) is 0. The summed E-state index contributed by atoms with van der Waals surface area (Å²) < 4.78 is 0. The lowest BCUT2D eigenvalue weighted by molar-refractivity contribution is 0.166. The highest BCUT2D eigenvalue weighted by atomic mass is 15.2. The largest absolute Gasteiger partial charge is 0.314 e. The first-order valence-electron chi connectivity index (χ1n) is 5.75. The maximum Gasteiger partial charge on any atom is 0.0216 e. The quantitative estimate of drug-likeness (QED) is 0.659. The lowest BCUT2D eigenvalue weighted by Crippen LogP contribution is -2.44. The molecule has 2 heteroatoms. The van der Waals surface area contributed by atoms with Gasteiger partial charge in [-0.3, -0.25) is 0 Å². The van der Waals surface area contributed by atoms with E-state index < -0.39 is 0 Å². The number of hydrogen-bond acceptors (Lipinski definition) is 2. The van der Waals surface area contributed by atoms with Crippen molar-refractivity contribution in [2.24, 2.45) is 5.92 Å². The van der Waals surface area contributed by atoms with Crippen LogP contribution in [0.5, 0.6) is 0 Å². The summed E-state index contributed by atoms with van der Waals surface area (Å²) in [6.45, 7) is 6.89. The minimum Gasteiger partial charge on any atom is -0.314 e. The molecule has 2 saturated heterocycles. The van der Waals surface area contributed by atoms with Crippen LogP contribution in [0, 0.1) is 17.8 Å². The van der Waals surface area contributed by atoms with Gasteiger partial charge in [-0.1, -0.05) is 0 Å². The average Bonchev–Trinajstić information content (AvgIpc) is 2.65. The minimum atomic E-state index is 0.823. The molecule has 2 atom stereocenters. The average molecular weight is 192 g/mol. The molecule has 0 radical (unpaired) electrons. The summed E-state index contributed by atoms with van der Waals surface area (Å²) in [4.78, 5) is 2.58. The molecule has 1 N–H and O–H groups in total. The maximum absolute atomic E-state index is 3.59. The van der Waals surface area contributed by atoms with Crippen LogP contribution in [-0.2, 0) is 0 Å². The Bertz CT molecular complexity index is 238. The number of nitrogens with one attached hydrogen (secondary N) is 1. The van der Waals surface area contributed by atoms with Gasteiger partial charge in [-0.25, -0.2) is 0 Å². The zero-order valence-corrected chi connectivity index (χ0v) is 9.05. The summed E-state index contributed by atoms with van der Waals surface area (Å²) in [5.41, 5.74) is 0. The van der Waals surface area contributed by atoms with E-state index in [-0.39, 0.29) is 0 Å². The van der Waals surface area contributed by atoms with Crippen molar-refractivity contribution in [1.82, 2.24) is 10.2 Å². The van der Waals surface area contributed by atoms with Crippen LogP contribution in [0.1, 0.15) is 26.2 Å². The van der Waals surface area contributed by atoms with E-state index in [0.29, 0.717) is 0 Å². The van der Waals surface area contributed by atoms with Gasteiger partial charge in [0.15, 0.2) is 0 Å². The Balaban J connectivity index is 1.76. The molecule has 0 aromatic heterocycles. The van der Waals surface area contributed by atoms with Crippen LogP contribution in [0.15, 0.2) is 0 Å². The molecule has 2 fully saturated rings. The van der Waals surface area contributed by atoms with Gasteiger partial charge in [0.2, 0.25) is 0 Å². The highest BCUT2D eigenvalue weighted by Gasteiger charge is 2.31. The number of likely N-dealkylation sites (tertiary alicyclic amines) is 1. The second-order valence-corrected chi connectivity index (χ2v) is 4.38. The Morgan fingerprint density at radius 1 is 1.43 bits per heavy atom. The summed E-state index contributed by atoms with van der Waals surface area (Å²) in [6.07, 6.45) is 3.76. The Hall–Kier alpha value is -0.520. The van der Waals surface area contributed by atoms with E-state index in [2.05, 4.69) is 22.1 Å². The third-order valence-electron chi connectivity index (χ3n) is 3.47. The Labute approximate surface area is 87.1 Å². The van der Waals surface area contributed by atoms with Gasteiger partial charge >= 0.3 is 0 Å². The predicted octanol–water partition coefficient (Wildman–Crippen LogP) is 1.08. The van der Waals surface area contributed by atoms with E-state index in [1.165, 1.54) is 39.0 Å². The molecule has 0 saturated carbocycles. The highest BCUT2D eigenvalue weighted by Crippen LogP contribution is 2.24. The molecule has 0 amide bonds. The fraction of sp³-hybridized carbons (Fsp3) is 0.833. The summed E-state index contributed by atoms with van der Waals surface area (Å²) in [5, 5.41) is 3.59. The molecular weight excluding hydrogens is 172 g/mol. The number of nitrogens with zero attached hydrogens (tertiary/aromatic N) is 1. The van der Waals surface area contributed by atoms with E-state index in [1.807, 2.05) is 6.92 Å². The highest BCUT2D eigenvalue weighted by molar-refractivity contribution is 4.96. The zero-order chi connectivity index (χ0) is 9.80. The summed E-state index contributed by atoms with van der Waals surface area (Å²) >= 11 is 0. The van der Waals surface area contributed by atoms with Gasteiger partial charge in [-0.15, -0.1) is 11.8 Å². The topological polar surface area (TPSA) is 15.3 Å². The molecule has 14 heavy (non-hydrogen) atoms. The second kappa shape index (κ2) is 4.82. The van der Waals surface area contributed by atoms with Gasteiger partial charge in [0.25, 0.3) is 0 Å². The fourth-order valence-corrected chi connectivity index (χ4v) is 2.66. The van der Waals surface area contributed by atoms with Gasteiger partial charge < -0.3 is 10.2 Å². The first-order chi connectivity index (χ1) is 6.90. The van der Waals surface area contributed by atoms with Crippen LogP contribution in [0.4, 0.5) is 0 Å². The van der Waals surface area contributed by atoms with Gasteiger partial charge in [0.1, 0.15) is 0 Å². The van der Waals surface area contributed by atoms with Crippen LogP contribution in [0.3, 0.4) is 0 Å². The van der Waals surface area contributed by atoms with Gasteiger partial charge in [-0.05, 0) is 38.8 Å². The first kappa shape index (κ1) is 10.0. The first-order valence-corrected chi connectivity index (χ1v) is 5.75. The molecule has 2 nitrogen and oxygen atoms in total. The number of piperidine rings is 1. The van der Waals surface area contributed by atoms with E-state index in [9.17, 15) is 0 Å². The van der Waals surface area contributed by atoms with Crippen molar-refractivity contribution in [3.8, 4) is 11.8 Å². The smallest absolute Gasteiger partial charge is 0.0216 e. The summed E-state index contributed by atoms with van der Waals surface area (Å²) in [6, 6.07) is 0.823. The molecule has 0 aromatic rings. The van der Waals surface area contributed by atoms with Crippen LogP contribution in [0.2, 0.25) is 0 Å². The van der Waals surface area contributed by atoms with Crippen molar-refractivity contribution >= 4 is 0 Å². The van der Waals surface area contributed by atoms with Crippen LogP contribution in [-0.4, -0.2) is 37.1 Å². The van der Waals surface area contributed by atoms with Gasteiger partial charge in [0, 0.05) is 25.6 Å². The maximum atomic E-state index is 3.59. The molecule has 2 heterocycles. The molecule has 2 aliphatic heterocycles. The monoisotopic (exact) mass is 192 g/mol. The van der Waals surface area contributed by atoms with Crippen molar-refractivity contribution in [1.29, 1.82) is 0 Å². The van der Waals surface area contributed by atoms with E-state index >= 15 is 0 Å². The number of fused-ring (bicyclic) bond motifs is 1. The molecule has 2 unspecified atom stereocenters. The lowest BCUT2D eigenvalue weighted by Gasteiger charge is -2.34. The second-order valence-electron chi connectivity index (χ2n) is 4.38. The van der Waals surface area contributed by atoms with Crippen molar-refractivity contribution in [2.45, 2.75) is 32.2 Å². The van der Waals surface area contributed by atoms with Crippen LogP contribution >= 0.6 is 0 Å². The SMILES string of the molecule is CC#CCCN1CCC2NCCC2C1. The molecule has 2 aliphatic rings. The molecule has 0 aliphatic carbocycles. The van der Waals surface area contributed by atoms with Gasteiger partial charge in [-0.2, -0.15) is 0 Å². The van der Waals surface area contributed by atoms with Crippen molar-refractivity contribution in [2.75, 3.05) is 26.2 Å². The van der Waals surface area contributed by atoms with E-state index in [1.54, 1.807) is 0 Å². The molecular formula is C12H20N2. The molecule has 78 valence electrons. The summed E-state index contributed by atoms with van der Waals surface area (Å²) in [5.74, 6) is 7.03. The van der Waals surface area contributed by atoms with Crippen molar-refractivity contribution < 1.29 is 0 Å². The van der Waals surface area contributed by atoms with Crippen LogP contribution in [0.25, 0.3) is 0 Å². The third-order valence-corrected chi connectivity index (χ3v) is 3.47. The standard InChI is InChI=1S/C12H20N2/c1-2-3-4-8-14-9-6-12-11(10-14)5-7-13-12/h11-13H,4-10H2,1H3. The lowest BCUT2D eigenvalue weighted by atomic mass is 9.93. The van der Waals surface area contributed by atoms with Crippen LogP contribution < -0.4 is 5.32 Å². The Morgan fingerprint density at radius 2 is 2.36 bits per heavy atom. The number of hydrogen-bond donors (Lipinski definition) is 1.